The zero-order valence-corrected chi connectivity index (χ0v) is 22.7. The third kappa shape index (κ3) is 6.11. The van der Waals surface area contributed by atoms with Gasteiger partial charge in [0.1, 0.15) is 0 Å². The summed E-state index contributed by atoms with van der Waals surface area (Å²) in [5.41, 5.74) is 0.816. The molecule has 0 aliphatic heterocycles. The Morgan fingerprint density at radius 1 is 0.600 bits per heavy atom. The molecule has 0 N–H and O–H groups in total. The molecule has 5 rings (SSSR count). The fraction of sp³-hybridized carbons (Fsp3) is 0.118. The van der Waals surface area contributed by atoms with Gasteiger partial charge in [0.05, 0.1) is 0 Å². The standard InChI is InChI=1S/C34H29F4OP/c35-29-20-21-33(39-23-22-26-16-18-28(19-17-26)34(36,37)38)27(24-29)25-40(30-10-4-1-5-11-30,31-12-6-2-7-13-31)32-14-8-3-9-15-32/h1-21,24,40H,22-23,25H2. The van der Waals surface area contributed by atoms with Gasteiger partial charge in [-0.2, -0.15) is 0 Å². The molecule has 6 heteroatoms. The van der Waals surface area contributed by atoms with Gasteiger partial charge in [0.2, 0.25) is 0 Å². The summed E-state index contributed by atoms with van der Waals surface area (Å²) in [6.07, 6.45) is -3.38. The van der Waals surface area contributed by atoms with Crippen molar-refractivity contribution in [3.8, 4) is 5.75 Å². The third-order valence-electron chi connectivity index (χ3n) is 7.21. The maximum atomic E-state index is 14.7. The van der Waals surface area contributed by atoms with Gasteiger partial charge in [-0.1, -0.05) is 0 Å². The minimum atomic E-state index is -4.37. The number of hydrogen-bond donors (Lipinski definition) is 0. The van der Waals surface area contributed by atoms with Crippen molar-refractivity contribution in [2.75, 3.05) is 6.61 Å². The molecule has 0 spiro atoms. The van der Waals surface area contributed by atoms with Gasteiger partial charge in [0, 0.05) is 0 Å². The molecule has 204 valence electrons. The van der Waals surface area contributed by atoms with Crippen LogP contribution in [0.2, 0.25) is 0 Å². The van der Waals surface area contributed by atoms with Crippen LogP contribution in [0.15, 0.2) is 133 Å². The molecule has 0 saturated carbocycles. The van der Waals surface area contributed by atoms with Crippen LogP contribution in [0.5, 0.6) is 5.75 Å². The molecule has 0 amide bonds. The first-order valence-corrected chi connectivity index (χ1v) is 15.3. The third-order valence-corrected chi connectivity index (χ3v) is 12.1. The second-order valence-corrected chi connectivity index (χ2v) is 13.6. The number of rotatable bonds is 9. The van der Waals surface area contributed by atoms with Gasteiger partial charge in [-0.3, -0.25) is 0 Å². The molecule has 5 aromatic carbocycles. The summed E-state index contributed by atoms with van der Waals surface area (Å²) >= 11 is 0. The molecular weight excluding hydrogens is 531 g/mol. The average molecular weight is 561 g/mol. The van der Waals surface area contributed by atoms with Crippen LogP contribution in [0.25, 0.3) is 0 Å². The van der Waals surface area contributed by atoms with Crippen LogP contribution in [0.1, 0.15) is 16.7 Å². The van der Waals surface area contributed by atoms with Crippen molar-refractivity contribution in [1.82, 2.24) is 0 Å². The summed E-state index contributed by atoms with van der Waals surface area (Å²) in [6, 6.07) is 40.8. The van der Waals surface area contributed by atoms with E-state index in [4.69, 9.17) is 4.74 Å². The Bertz CT molecular complexity index is 1420. The quantitative estimate of drug-likeness (QED) is 0.133. The van der Waals surface area contributed by atoms with Gasteiger partial charge in [0.25, 0.3) is 0 Å². The molecule has 0 fully saturated rings. The second kappa shape index (κ2) is 12.1. The van der Waals surface area contributed by atoms with Crippen LogP contribution in [-0.2, 0) is 18.8 Å². The Kier molecular flexibility index (Phi) is 8.32. The number of alkyl halides is 3. The molecule has 40 heavy (non-hydrogen) atoms. The molecule has 0 aromatic heterocycles. The predicted molar refractivity (Wildman–Crippen MR) is 157 cm³/mol. The van der Waals surface area contributed by atoms with Gasteiger partial charge in [0.15, 0.2) is 0 Å². The average Bonchev–Trinajstić information content (AvgIpc) is 2.98. The fourth-order valence-electron chi connectivity index (χ4n) is 5.23. The monoisotopic (exact) mass is 560 g/mol. The summed E-state index contributed by atoms with van der Waals surface area (Å²) in [6.45, 7) is 0.251. The van der Waals surface area contributed by atoms with Crippen molar-refractivity contribution in [1.29, 1.82) is 0 Å². The van der Waals surface area contributed by atoms with Crippen LogP contribution in [0.3, 0.4) is 0 Å². The van der Waals surface area contributed by atoms with Crippen molar-refractivity contribution in [3.05, 3.63) is 156 Å². The molecule has 0 atom stereocenters. The summed E-state index contributed by atoms with van der Waals surface area (Å²) < 4.78 is 59.7. The van der Waals surface area contributed by atoms with Crippen molar-refractivity contribution in [3.63, 3.8) is 0 Å². The molecule has 0 aliphatic carbocycles. The fourth-order valence-corrected chi connectivity index (χ4v) is 9.97. The Hall–Kier alpha value is -3.95. The van der Waals surface area contributed by atoms with E-state index in [1.54, 1.807) is 12.1 Å². The number of ether oxygens (including phenoxy) is 1. The molecule has 1 nitrogen and oxygen atoms in total. The maximum absolute atomic E-state index is 14.7. The summed E-state index contributed by atoms with van der Waals surface area (Å²) in [5.74, 6) is 0.232. The van der Waals surface area contributed by atoms with E-state index in [9.17, 15) is 17.6 Å². The van der Waals surface area contributed by atoms with Crippen LogP contribution in [-0.4, -0.2) is 6.61 Å². The van der Waals surface area contributed by atoms with Gasteiger partial charge in [-0.15, -0.1) is 0 Å². The first-order valence-electron chi connectivity index (χ1n) is 13.1. The molecular formula is C34H29F4OP. The normalized spacial score (nSPS) is 12.2. The predicted octanol–water partition coefficient (Wildman–Crippen LogP) is 7.69. The topological polar surface area (TPSA) is 9.23 Å². The van der Waals surface area contributed by atoms with Crippen molar-refractivity contribution >= 4 is 23.2 Å². The summed E-state index contributed by atoms with van der Waals surface area (Å²) in [7, 11) is -2.70. The van der Waals surface area contributed by atoms with Gasteiger partial charge in [-0.25, -0.2) is 0 Å². The van der Waals surface area contributed by atoms with E-state index < -0.39 is 19.0 Å². The van der Waals surface area contributed by atoms with Crippen molar-refractivity contribution in [2.24, 2.45) is 0 Å². The molecule has 0 heterocycles. The number of halogens is 4. The van der Waals surface area contributed by atoms with Crippen molar-refractivity contribution in [2.45, 2.75) is 18.8 Å². The van der Waals surface area contributed by atoms with E-state index in [1.807, 2.05) is 54.6 Å². The Morgan fingerprint density at radius 3 is 1.57 bits per heavy atom. The van der Waals surface area contributed by atoms with Crippen LogP contribution in [0, 0.1) is 5.82 Å². The van der Waals surface area contributed by atoms with E-state index in [-0.39, 0.29) is 12.4 Å². The van der Waals surface area contributed by atoms with Crippen molar-refractivity contribution < 1.29 is 22.3 Å². The molecule has 0 saturated heterocycles. The zero-order valence-electron chi connectivity index (χ0n) is 21.7. The SMILES string of the molecule is Fc1ccc(OCCc2ccc(C(F)(F)F)cc2)c(C[PH](c2ccccc2)(c2ccccc2)c2ccccc2)c1. The summed E-state index contributed by atoms with van der Waals surface area (Å²) in [5, 5.41) is 3.60. The van der Waals surface area contributed by atoms with Gasteiger partial charge < -0.3 is 0 Å². The zero-order chi connectivity index (χ0) is 28.0. The van der Waals surface area contributed by atoms with Gasteiger partial charge in [-0.05, 0) is 0 Å². The van der Waals surface area contributed by atoms with E-state index in [2.05, 4.69) is 36.4 Å². The molecule has 5 aromatic rings. The van der Waals surface area contributed by atoms with Gasteiger partial charge >= 0.3 is 233 Å². The first-order chi connectivity index (χ1) is 19.4. The second-order valence-electron chi connectivity index (χ2n) is 9.73. The molecule has 0 unspecified atom stereocenters. The number of hydrogen-bond acceptors (Lipinski definition) is 1. The van der Waals surface area contributed by atoms with Crippen LogP contribution in [0.4, 0.5) is 17.6 Å². The minimum absolute atomic E-state index is 0.251. The summed E-state index contributed by atoms with van der Waals surface area (Å²) in [4.78, 5) is 0. The Balaban J connectivity index is 1.50. The Morgan fingerprint density at radius 2 is 1.10 bits per heavy atom. The van der Waals surface area contributed by atoms with E-state index in [0.29, 0.717) is 18.3 Å². The molecule has 0 aliphatic rings. The molecule has 0 bridgehead atoms. The van der Waals surface area contributed by atoms with Crippen LogP contribution >= 0.6 is 7.26 Å². The molecule has 0 radical (unpaired) electrons. The van der Waals surface area contributed by atoms with E-state index in [0.717, 1.165) is 23.3 Å². The number of benzene rings is 5. The Labute approximate surface area is 232 Å². The van der Waals surface area contributed by atoms with Crippen LogP contribution < -0.4 is 20.7 Å². The van der Waals surface area contributed by atoms with E-state index in [1.165, 1.54) is 34.1 Å². The van der Waals surface area contributed by atoms with E-state index >= 15 is 0 Å². The first kappa shape index (κ1) is 27.6.